The van der Waals surface area contributed by atoms with Gasteiger partial charge in [0.2, 0.25) is 0 Å². The Labute approximate surface area is 106 Å². The first-order chi connectivity index (χ1) is 8.00. The highest BCUT2D eigenvalue weighted by Gasteiger charge is 2.05. The number of nitrogens with zero attached hydrogens (tertiary/aromatic N) is 1. The Balaban J connectivity index is 2.76. The molecule has 0 spiro atoms. The summed E-state index contributed by atoms with van der Waals surface area (Å²) < 4.78 is 7.01. The van der Waals surface area contributed by atoms with Crippen LogP contribution < -0.4 is 16.0 Å². The smallest absolute Gasteiger partial charge is 0.292 e. The topological polar surface area (TPSA) is 57.2 Å². The first kappa shape index (κ1) is 13.7. The van der Waals surface area contributed by atoms with Gasteiger partial charge in [0.05, 0.1) is 11.6 Å². The second-order valence-electron chi connectivity index (χ2n) is 4.29. The van der Waals surface area contributed by atoms with Crippen LogP contribution in [0.5, 0.6) is 5.75 Å². The standard InChI is InChI=1S/C12H18N2O2S/c1-9(2)8-16-10-4-3-6-14(12(10)15)7-5-11(13)17/h3-4,6,9H,5,7-8H2,1-2H3,(H2,13,17). The molecule has 0 saturated carbocycles. The molecule has 4 nitrogen and oxygen atoms in total. The highest BCUT2D eigenvalue weighted by molar-refractivity contribution is 7.80. The van der Waals surface area contributed by atoms with Crippen LogP contribution in [0.3, 0.4) is 0 Å². The summed E-state index contributed by atoms with van der Waals surface area (Å²) >= 11 is 4.79. The third kappa shape index (κ3) is 4.56. The quantitative estimate of drug-likeness (QED) is 0.783. The minimum absolute atomic E-state index is 0.135. The molecule has 1 rings (SSSR count). The molecular formula is C12H18N2O2S. The van der Waals surface area contributed by atoms with E-state index in [-0.39, 0.29) is 5.56 Å². The summed E-state index contributed by atoms with van der Waals surface area (Å²) in [5.41, 5.74) is 5.28. The van der Waals surface area contributed by atoms with Gasteiger partial charge in [0.25, 0.3) is 5.56 Å². The average Bonchev–Trinajstić information content (AvgIpc) is 2.25. The van der Waals surface area contributed by atoms with Gasteiger partial charge in [-0.05, 0) is 18.1 Å². The van der Waals surface area contributed by atoms with Crippen LogP contribution in [0.4, 0.5) is 0 Å². The zero-order valence-electron chi connectivity index (χ0n) is 10.2. The molecule has 1 aromatic heterocycles. The van der Waals surface area contributed by atoms with Gasteiger partial charge in [0, 0.05) is 19.2 Å². The van der Waals surface area contributed by atoms with E-state index in [1.807, 2.05) is 13.8 Å². The molecule has 1 heterocycles. The fraction of sp³-hybridized carbons (Fsp3) is 0.500. The number of aryl methyl sites for hydroxylation is 1. The lowest BCUT2D eigenvalue weighted by molar-refractivity contribution is 0.265. The Morgan fingerprint density at radius 3 is 2.88 bits per heavy atom. The third-order valence-corrected chi connectivity index (χ3v) is 2.36. The number of rotatable bonds is 6. The zero-order valence-corrected chi connectivity index (χ0v) is 11.0. The molecule has 0 atom stereocenters. The maximum absolute atomic E-state index is 11.9. The molecule has 0 aliphatic rings. The molecular weight excluding hydrogens is 236 g/mol. The fourth-order valence-electron chi connectivity index (χ4n) is 1.29. The number of hydrogen-bond donors (Lipinski definition) is 1. The zero-order chi connectivity index (χ0) is 12.8. The Kier molecular flexibility index (Phi) is 5.15. The maximum Gasteiger partial charge on any atom is 0.292 e. The normalized spacial score (nSPS) is 10.5. The summed E-state index contributed by atoms with van der Waals surface area (Å²) in [5.74, 6) is 0.767. The van der Waals surface area contributed by atoms with Crippen LogP contribution in [0.25, 0.3) is 0 Å². The summed E-state index contributed by atoms with van der Waals surface area (Å²) in [6.07, 6.45) is 2.23. The maximum atomic E-state index is 11.9. The van der Waals surface area contributed by atoms with Crippen molar-refractivity contribution in [1.29, 1.82) is 0 Å². The Morgan fingerprint density at radius 1 is 1.59 bits per heavy atom. The van der Waals surface area contributed by atoms with Crippen LogP contribution in [-0.4, -0.2) is 16.2 Å². The van der Waals surface area contributed by atoms with Crippen molar-refractivity contribution < 1.29 is 4.74 Å². The predicted octanol–water partition coefficient (Wildman–Crippen LogP) is 1.56. The van der Waals surface area contributed by atoms with E-state index < -0.39 is 0 Å². The van der Waals surface area contributed by atoms with E-state index in [0.717, 1.165) is 0 Å². The van der Waals surface area contributed by atoms with Crippen LogP contribution in [-0.2, 0) is 6.54 Å². The minimum Gasteiger partial charge on any atom is -0.488 e. The van der Waals surface area contributed by atoms with Crippen LogP contribution in [0.2, 0.25) is 0 Å². The van der Waals surface area contributed by atoms with Gasteiger partial charge in [-0.1, -0.05) is 26.1 Å². The van der Waals surface area contributed by atoms with Crippen molar-refractivity contribution in [2.45, 2.75) is 26.8 Å². The molecule has 0 fully saturated rings. The molecule has 0 aliphatic heterocycles. The SMILES string of the molecule is CC(C)COc1cccn(CCC(N)=S)c1=O. The highest BCUT2D eigenvalue weighted by atomic mass is 32.1. The van der Waals surface area contributed by atoms with Crippen molar-refractivity contribution in [1.82, 2.24) is 4.57 Å². The van der Waals surface area contributed by atoms with Crippen LogP contribution in [0.15, 0.2) is 23.1 Å². The number of hydrogen-bond acceptors (Lipinski definition) is 3. The van der Waals surface area contributed by atoms with Gasteiger partial charge in [-0.15, -0.1) is 0 Å². The van der Waals surface area contributed by atoms with Gasteiger partial charge in [0.15, 0.2) is 5.75 Å². The monoisotopic (exact) mass is 254 g/mol. The van der Waals surface area contributed by atoms with Crippen molar-refractivity contribution in [2.24, 2.45) is 11.7 Å². The lowest BCUT2D eigenvalue weighted by Crippen LogP contribution is -2.24. The van der Waals surface area contributed by atoms with Crippen LogP contribution in [0, 0.1) is 5.92 Å². The first-order valence-electron chi connectivity index (χ1n) is 5.61. The molecule has 2 N–H and O–H groups in total. The number of pyridine rings is 1. The van der Waals surface area contributed by atoms with Gasteiger partial charge < -0.3 is 15.0 Å². The summed E-state index contributed by atoms with van der Waals surface area (Å²) in [4.78, 5) is 12.4. The largest absolute Gasteiger partial charge is 0.488 e. The minimum atomic E-state index is -0.135. The lowest BCUT2D eigenvalue weighted by atomic mass is 10.2. The summed E-state index contributed by atoms with van der Waals surface area (Å²) in [6, 6.07) is 3.47. The predicted molar refractivity (Wildman–Crippen MR) is 72.4 cm³/mol. The lowest BCUT2D eigenvalue weighted by Gasteiger charge is -2.10. The van der Waals surface area contributed by atoms with Crippen LogP contribution >= 0.6 is 12.2 Å². The first-order valence-corrected chi connectivity index (χ1v) is 6.02. The molecule has 94 valence electrons. The van der Waals surface area contributed by atoms with Crippen molar-refractivity contribution in [3.8, 4) is 5.75 Å². The number of aromatic nitrogens is 1. The van der Waals surface area contributed by atoms with E-state index in [0.29, 0.717) is 36.2 Å². The second kappa shape index (κ2) is 6.39. The van der Waals surface area contributed by atoms with Gasteiger partial charge >= 0.3 is 0 Å². The van der Waals surface area contributed by atoms with E-state index in [1.165, 1.54) is 0 Å². The highest BCUT2D eigenvalue weighted by Crippen LogP contribution is 2.04. The second-order valence-corrected chi connectivity index (χ2v) is 4.82. The number of nitrogens with two attached hydrogens (primary N) is 1. The molecule has 0 aliphatic carbocycles. The van der Waals surface area contributed by atoms with E-state index >= 15 is 0 Å². The van der Waals surface area contributed by atoms with Gasteiger partial charge in [-0.25, -0.2) is 0 Å². The summed E-state index contributed by atoms with van der Waals surface area (Å²) in [5, 5.41) is 0. The molecule has 0 amide bonds. The van der Waals surface area contributed by atoms with E-state index in [4.69, 9.17) is 22.7 Å². The number of thiocarbonyl (C=S) groups is 1. The van der Waals surface area contributed by atoms with E-state index in [1.54, 1.807) is 22.9 Å². The molecule has 0 bridgehead atoms. The van der Waals surface area contributed by atoms with Gasteiger partial charge in [0.1, 0.15) is 0 Å². The average molecular weight is 254 g/mol. The number of ether oxygens (including phenoxy) is 1. The van der Waals surface area contributed by atoms with Gasteiger partial charge in [-0.2, -0.15) is 0 Å². The Hall–Kier alpha value is -1.36. The summed E-state index contributed by atoms with van der Waals surface area (Å²) in [6.45, 7) is 5.10. The molecule has 17 heavy (non-hydrogen) atoms. The van der Waals surface area contributed by atoms with Crippen molar-refractivity contribution >= 4 is 17.2 Å². The van der Waals surface area contributed by atoms with Crippen molar-refractivity contribution in [3.63, 3.8) is 0 Å². The Morgan fingerprint density at radius 2 is 2.29 bits per heavy atom. The fourth-order valence-corrected chi connectivity index (χ4v) is 1.38. The molecule has 5 heteroatoms. The molecule has 0 unspecified atom stereocenters. The molecule has 0 radical (unpaired) electrons. The van der Waals surface area contributed by atoms with Crippen molar-refractivity contribution in [2.75, 3.05) is 6.61 Å². The molecule has 0 aromatic carbocycles. The van der Waals surface area contributed by atoms with E-state index in [9.17, 15) is 4.79 Å². The van der Waals surface area contributed by atoms with E-state index in [2.05, 4.69) is 0 Å². The van der Waals surface area contributed by atoms with Crippen LogP contribution in [0.1, 0.15) is 20.3 Å². The third-order valence-electron chi connectivity index (χ3n) is 2.16. The van der Waals surface area contributed by atoms with Gasteiger partial charge in [-0.3, -0.25) is 4.79 Å². The van der Waals surface area contributed by atoms with Crippen molar-refractivity contribution in [3.05, 3.63) is 28.7 Å². The molecule has 1 aromatic rings. The Bertz CT molecular complexity index is 440. The molecule has 0 saturated heterocycles. The summed E-state index contributed by atoms with van der Waals surface area (Å²) in [7, 11) is 0.